The molecule has 3 heterocycles. The molecule has 0 radical (unpaired) electrons. The molecule has 15 nitrogen and oxygen atoms in total. The van der Waals surface area contributed by atoms with Crippen LogP contribution in [0.5, 0.6) is 0 Å². The van der Waals surface area contributed by atoms with E-state index in [9.17, 15) is 40.2 Å². The summed E-state index contributed by atoms with van der Waals surface area (Å²) in [5.74, 6) is -2.19. The van der Waals surface area contributed by atoms with Crippen LogP contribution in [0.3, 0.4) is 0 Å². The summed E-state index contributed by atoms with van der Waals surface area (Å²) in [6, 6.07) is 0. The zero-order chi connectivity index (χ0) is 32.3. The summed E-state index contributed by atoms with van der Waals surface area (Å²) in [5, 5.41) is 61.7. The van der Waals surface area contributed by atoms with Gasteiger partial charge in [0.2, 0.25) is 6.29 Å². The summed E-state index contributed by atoms with van der Waals surface area (Å²) in [5.41, 5.74) is 0.589. The van der Waals surface area contributed by atoms with Gasteiger partial charge in [0.25, 0.3) is 0 Å². The Labute approximate surface area is 255 Å². The largest absolute Gasteiger partial charge is 0.472 e. The monoisotopic (exact) mass is 634 g/mol. The van der Waals surface area contributed by atoms with E-state index >= 15 is 0 Å². The van der Waals surface area contributed by atoms with E-state index in [1.165, 1.54) is 20.1 Å². The molecule has 44 heavy (non-hydrogen) atoms. The fourth-order valence-electron chi connectivity index (χ4n) is 6.07. The van der Waals surface area contributed by atoms with Crippen molar-refractivity contribution in [2.75, 3.05) is 26.4 Å². The van der Waals surface area contributed by atoms with Crippen molar-refractivity contribution >= 4 is 11.8 Å². The van der Waals surface area contributed by atoms with E-state index in [1.54, 1.807) is 0 Å². The van der Waals surface area contributed by atoms with Crippen LogP contribution in [0.25, 0.3) is 0 Å². The predicted octanol–water partition coefficient (Wildman–Crippen LogP) is -1.66. The highest BCUT2D eigenvalue weighted by atomic mass is 16.8. The second-order valence-electron chi connectivity index (χ2n) is 12.3. The summed E-state index contributed by atoms with van der Waals surface area (Å²) >= 11 is 0. The molecule has 15 heteroatoms. The number of fused-ring (bicyclic) bond motifs is 1. The molecule has 0 unspecified atom stereocenters. The first kappa shape index (κ1) is 35.1. The van der Waals surface area contributed by atoms with Crippen LogP contribution < -0.4 is 0 Å². The van der Waals surface area contributed by atoms with Gasteiger partial charge in [0, 0.05) is 18.8 Å². The lowest BCUT2D eigenvalue weighted by molar-refractivity contribution is -0.333. The van der Waals surface area contributed by atoms with Gasteiger partial charge >= 0.3 is 5.97 Å². The highest BCUT2D eigenvalue weighted by molar-refractivity contribution is 5.89. The first-order valence-electron chi connectivity index (χ1n) is 15.1. The number of ketones is 1. The van der Waals surface area contributed by atoms with Crippen molar-refractivity contribution in [1.29, 1.82) is 0 Å². The van der Waals surface area contributed by atoms with Crippen molar-refractivity contribution in [1.82, 2.24) is 0 Å². The van der Waals surface area contributed by atoms with Crippen molar-refractivity contribution in [3.63, 3.8) is 0 Å². The zero-order valence-corrected chi connectivity index (χ0v) is 25.3. The maximum Gasteiger partial charge on any atom is 0.302 e. The average Bonchev–Trinajstić information content (AvgIpc) is 3.31. The Bertz CT molecular complexity index is 1010. The number of aliphatic hydroxyl groups is 6. The summed E-state index contributed by atoms with van der Waals surface area (Å²) in [6.07, 6.45) is -12.6. The molecule has 2 saturated heterocycles. The molecule has 0 aromatic rings. The first-order chi connectivity index (χ1) is 20.8. The van der Waals surface area contributed by atoms with Crippen molar-refractivity contribution in [2.24, 2.45) is 23.7 Å². The minimum absolute atomic E-state index is 0.0336. The third-order valence-electron chi connectivity index (χ3n) is 8.71. The number of carbonyl (C=O) groups excluding carboxylic acids is 2. The quantitative estimate of drug-likeness (QED) is 0.132. The standard InChI is InChI=1S/C29H46O15/c1-12(2)5-6-38-27-20-16(7-18(32)17(20)11-39-14(4)31)15(9-40-27)10-41-29-26(24(36)22(34)19(8-30)43-29)44-28-25(37)23(35)21(33)13(3)42-28/h9,12-13,16-23,25-30,32-35,37H,5-8,10-11H2,1-4H3/t13-,16+,17-,18-,19+,20-,21-,22+,23+,25+,26+,27+,28-,29+/m0/s1. The molecule has 3 aliphatic heterocycles. The SMILES string of the molecule is CC(=O)OC[C@@H]1[C@H]2[C@H](OCCC(C)C)OC=C(CO[C@@H]3O[C@H](CO)[C@@H](O)C(=O)[C@H]3O[C@@H]3O[C@@H](C)[C@H](O)[C@@H](O)[C@H]3O)[C@H]2C[C@@H]1O. The molecule has 1 saturated carbocycles. The van der Waals surface area contributed by atoms with Gasteiger partial charge in [-0.2, -0.15) is 0 Å². The van der Waals surface area contributed by atoms with E-state index in [4.69, 9.17) is 33.2 Å². The Morgan fingerprint density at radius 1 is 1.02 bits per heavy atom. The summed E-state index contributed by atoms with van der Waals surface area (Å²) < 4.78 is 40.0. The Balaban J connectivity index is 1.51. The molecule has 6 N–H and O–H groups in total. The van der Waals surface area contributed by atoms with Crippen LogP contribution in [0.2, 0.25) is 0 Å². The number of aliphatic hydroxyl groups excluding tert-OH is 6. The second kappa shape index (κ2) is 15.2. The number of rotatable bonds is 12. The lowest BCUT2D eigenvalue weighted by atomic mass is 9.83. The van der Waals surface area contributed by atoms with Crippen molar-refractivity contribution < 1.29 is 73.4 Å². The molecular weight excluding hydrogens is 588 g/mol. The first-order valence-corrected chi connectivity index (χ1v) is 15.1. The molecule has 1 aliphatic carbocycles. The van der Waals surface area contributed by atoms with E-state index in [0.717, 1.165) is 6.42 Å². The predicted molar refractivity (Wildman–Crippen MR) is 146 cm³/mol. The fraction of sp³-hybridized carbons (Fsp3) is 0.862. The summed E-state index contributed by atoms with van der Waals surface area (Å²) in [4.78, 5) is 24.7. The number of Topliss-reactive ketones (excluding diaryl/α,β-unsaturated/α-hetero) is 1. The molecule has 0 bridgehead atoms. The fourth-order valence-corrected chi connectivity index (χ4v) is 6.07. The van der Waals surface area contributed by atoms with E-state index in [1.807, 2.05) is 0 Å². The van der Waals surface area contributed by atoms with Gasteiger partial charge in [0.1, 0.15) is 30.5 Å². The topological polar surface area (TPSA) is 220 Å². The van der Waals surface area contributed by atoms with Gasteiger partial charge in [-0.3, -0.25) is 9.59 Å². The van der Waals surface area contributed by atoms with Crippen LogP contribution in [0.15, 0.2) is 11.8 Å². The Morgan fingerprint density at radius 2 is 1.75 bits per heavy atom. The van der Waals surface area contributed by atoms with E-state index in [0.29, 0.717) is 24.5 Å². The molecular formula is C29H46O15. The molecule has 0 aromatic heterocycles. The van der Waals surface area contributed by atoms with E-state index < -0.39 is 97.9 Å². The lowest BCUT2D eigenvalue weighted by Gasteiger charge is -2.43. The number of carbonyl (C=O) groups is 2. The Kier molecular flexibility index (Phi) is 12.1. The molecule has 0 spiro atoms. The van der Waals surface area contributed by atoms with Gasteiger partial charge in [-0.1, -0.05) is 13.8 Å². The molecule has 14 atom stereocenters. The van der Waals surface area contributed by atoms with Crippen molar-refractivity contribution in [2.45, 2.75) is 108 Å². The van der Waals surface area contributed by atoms with Crippen LogP contribution in [0.1, 0.15) is 40.5 Å². The van der Waals surface area contributed by atoms with Gasteiger partial charge in [0.15, 0.2) is 24.5 Å². The Morgan fingerprint density at radius 3 is 2.41 bits per heavy atom. The molecule has 3 fully saturated rings. The number of hydrogen-bond donors (Lipinski definition) is 6. The smallest absolute Gasteiger partial charge is 0.302 e. The third kappa shape index (κ3) is 7.78. The highest BCUT2D eigenvalue weighted by Crippen LogP contribution is 2.47. The van der Waals surface area contributed by atoms with Crippen molar-refractivity contribution in [3.05, 3.63) is 11.8 Å². The van der Waals surface area contributed by atoms with E-state index in [-0.39, 0.29) is 19.1 Å². The van der Waals surface area contributed by atoms with Crippen LogP contribution in [-0.2, 0) is 42.7 Å². The number of esters is 1. The van der Waals surface area contributed by atoms with Gasteiger partial charge < -0.3 is 63.8 Å². The lowest BCUT2D eigenvalue weighted by Crippen LogP contribution is -2.62. The summed E-state index contributed by atoms with van der Waals surface area (Å²) in [7, 11) is 0. The highest BCUT2D eigenvalue weighted by Gasteiger charge is 2.53. The number of hydrogen-bond acceptors (Lipinski definition) is 15. The van der Waals surface area contributed by atoms with Gasteiger partial charge in [-0.05, 0) is 37.2 Å². The average molecular weight is 635 g/mol. The van der Waals surface area contributed by atoms with Crippen LogP contribution in [0, 0.1) is 23.7 Å². The molecule has 252 valence electrons. The second-order valence-corrected chi connectivity index (χ2v) is 12.3. The summed E-state index contributed by atoms with van der Waals surface area (Å²) in [6.45, 7) is 6.34. The Hall–Kier alpha value is -1.76. The van der Waals surface area contributed by atoms with Crippen molar-refractivity contribution in [3.8, 4) is 0 Å². The van der Waals surface area contributed by atoms with Crippen LogP contribution in [-0.4, -0.2) is 137 Å². The van der Waals surface area contributed by atoms with Gasteiger partial charge in [-0.15, -0.1) is 0 Å². The van der Waals surface area contributed by atoms with Crippen LogP contribution >= 0.6 is 0 Å². The zero-order valence-electron chi connectivity index (χ0n) is 25.3. The molecule has 0 amide bonds. The normalized spacial score (nSPS) is 42.5. The molecule has 4 aliphatic rings. The van der Waals surface area contributed by atoms with Crippen LogP contribution in [0.4, 0.5) is 0 Å². The molecule has 4 rings (SSSR count). The van der Waals surface area contributed by atoms with E-state index in [2.05, 4.69) is 13.8 Å². The minimum Gasteiger partial charge on any atom is -0.472 e. The third-order valence-corrected chi connectivity index (χ3v) is 8.71. The minimum atomic E-state index is -1.78. The van der Waals surface area contributed by atoms with Gasteiger partial charge in [0.05, 0.1) is 44.9 Å². The molecule has 0 aromatic carbocycles. The number of ether oxygens (including phenoxy) is 7. The maximum absolute atomic E-state index is 13.1. The maximum atomic E-state index is 13.1. The van der Waals surface area contributed by atoms with Gasteiger partial charge in [-0.25, -0.2) is 0 Å².